The molecule has 1 fully saturated rings. The molecule has 0 radical (unpaired) electrons. The number of hydrogen-bond acceptors (Lipinski definition) is 6. The standard InChI is InChI=1S/C20H28N2O6/c1-3-4-5-14-6-8-15(9-7-14)20(24)28-13-19(23)21-17-11-10-16(22(25)26)12-18(17)27-2/h10-12,14-15H,3-9,13H2,1-2H3,(H,21,23). The first-order valence-electron chi connectivity index (χ1n) is 9.73. The maximum Gasteiger partial charge on any atom is 0.309 e. The van der Waals surface area contributed by atoms with Crippen LogP contribution in [-0.4, -0.2) is 30.5 Å². The van der Waals surface area contributed by atoms with Crippen LogP contribution in [0.25, 0.3) is 0 Å². The predicted octanol–water partition coefficient (Wildman–Crippen LogP) is 4.08. The largest absolute Gasteiger partial charge is 0.494 e. The molecule has 1 aliphatic carbocycles. The minimum atomic E-state index is -0.549. The van der Waals surface area contributed by atoms with Crippen LogP contribution in [-0.2, 0) is 14.3 Å². The van der Waals surface area contributed by atoms with Crippen molar-refractivity contribution in [2.24, 2.45) is 11.8 Å². The predicted molar refractivity (Wildman–Crippen MR) is 104 cm³/mol. The quantitative estimate of drug-likeness (QED) is 0.385. The molecule has 2 rings (SSSR count). The van der Waals surface area contributed by atoms with Gasteiger partial charge in [-0.15, -0.1) is 0 Å². The Morgan fingerprint density at radius 3 is 2.57 bits per heavy atom. The van der Waals surface area contributed by atoms with Crippen molar-refractivity contribution in [3.63, 3.8) is 0 Å². The van der Waals surface area contributed by atoms with Gasteiger partial charge in [-0.25, -0.2) is 0 Å². The Morgan fingerprint density at radius 2 is 1.96 bits per heavy atom. The molecule has 8 nitrogen and oxygen atoms in total. The molecule has 0 saturated heterocycles. The second-order valence-corrected chi connectivity index (χ2v) is 7.16. The number of ether oxygens (including phenoxy) is 2. The second kappa shape index (κ2) is 10.6. The number of hydrogen-bond donors (Lipinski definition) is 1. The zero-order valence-electron chi connectivity index (χ0n) is 16.4. The Kier molecular flexibility index (Phi) is 8.22. The van der Waals surface area contributed by atoms with E-state index in [-0.39, 0.29) is 29.0 Å². The van der Waals surface area contributed by atoms with Gasteiger partial charge in [-0.05, 0) is 37.7 Å². The van der Waals surface area contributed by atoms with Crippen LogP contribution in [0.3, 0.4) is 0 Å². The number of benzene rings is 1. The normalized spacial score (nSPS) is 18.9. The first-order valence-corrected chi connectivity index (χ1v) is 9.73. The van der Waals surface area contributed by atoms with Crippen molar-refractivity contribution in [2.75, 3.05) is 19.0 Å². The summed E-state index contributed by atoms with van der Waals surface area (Å²) in [6.45, 7) is 1.79. The minimum Gasteiger partial charge on any atom is -0.494 e. The van der Waals surface area contributed by atoms with Crippen LogP contribution in [0, 0.1) is 22.0 Å². The molecule has 1 N–H and O–H groups in total. The SMILES string of the molecule is CCCCC1CCC(C(=O)OCC(=O)Nc2ccc([N+](=O)[O-])cc2OC)CC1. The molecule has 0 heterocycles. The lowest BCUT2D eigenvalue weighted by atomic mass is 9.80. The highest BCUT2D eigenvalue weighted by Crippen LogP contribution is 2.32. The van der Waals surface area contributed by atoms with E-state index < -0.39 is 17.4 Å². The summed E-state index contributed by atoms with van der Waals surface area (Å²) in [6.07, 6.45) is 7.33. The third-order valence-corrected chi connectivity index (χ3v) is 5.16. The van der Waals surface area contributed by atoms with Crippen LogP contribution in [0.15, 0.2) is 18.2 Å². The Morgan fingerprint density at radius 1 is 1.25 bits per heavy atom. The van der Waals surface area contributed by atoms with Gasteiger partial charge in [-0.2, -0.15) is 0 Å². The summed E-state index contributed by atoms with van der Waals surface area (Å²) in [5.41, 5.74) is 0.140. The zero-order chi connectivity index (χ0) is 20.5. The molecule has 0 bridgehead atoms. The van der Waals surface area contributed by atoms with Crippen LogP contribution in [0.2, 0.25) is 0 Å². The van der Waals surface area contributed by atoms with E-state index in [1.54, 1.807) is 0 Å². The smallest absolute Gasteiger partial charge is 0.309 e. The average molecular weight is 392 g/mol. The van der Waals surface area contributed by atoms with Crippen LogP contribution in [0.5, 0.6) is 5.75 Å². The van der Waals surface area contributed by atoms with Gasteiger partial charge in [-0.1, -0.05) is 26.2 Å². The van der Waals surface area contributed by atoms with Gasteiger partial charge in [0.05, 0.1) is 29.7 Å². The van der Waals surface area contributed by atoms with Crippen molar-refractivity contribution < 1.29 is 24.0 Å². The summed E-state index contributed by atoms with van der Waals surface area (Å²) in [7, 11) is 1.35. The molecule has 28 heavy (non-hydrogen) atoms. The molecule has 1 aromatic carbocycles. The second-order valence-electron chi connectivity index (χ2n) is 7.16. The number of unbranched alkanes of at least 4 members (excludes halogenated alkanes) is 1. The summed E-state index contributed by atoms with van der Waals surface area (Å²) < 4.78 is 10.2. The van der Waals surface area contributed by atoms with Gasteiger partial charge < -0.3 is 14.8 Å². The summed E-state index contributed by atoms with van der Waals surface area (Å²) >= 11 is 0. The Labute approximate surface area is 164 Å². The van der Waals surface area contributed by atoms with Crippen molar-refractivity contribution in [1.82, 2.24) is 0 Å². The van der Waals surface area contributed by atoms with Crippen LogP contribution >= 0.6 is 0 Å². The fourth-order valence-corrected chi connectivity index (χ4v) is 3.52. The van der Waals surface area contributed by atoms with Crippen molar-refractivity contribution >= 4 is 23.3 Å². The topological polar surface area (TPSA) is 108 Å². The Hall–Kier alpha value is -2.64. The number of nitro benzene ring substituents is 1. The molecule has 0 aromatic heterocycles. The number of anilines is 1. The van der Waals surface area contributed by atoms with E-state index in [9.17, 15) is 19.7 Å². The number of carbonyl (C=O) groups excluding carboxylic acids is 2. The number of carbonyl (C=O) groups is 2. The number of rotatable bonds is 9. The van der Waals surface area contributed by atoms with Gasteiger partial charge >= 0.3 is 5.97 Å². The van der Waals surface area contributed by atoms with Crippen LogP contribution < -0.4 is 10.1 Å². The lowest BCUT2D eigenvalue weighted by Crippen LogP contribution is -2.27. The Bertz CT molecular complexity index is 698. The molecule has 0 aliphatic heterocycles. The third-order valence-electron chi connectivity index (χ3n) is 5.16. The molecule has 1 saturated carbocycles. The molecule has 1 amide bonds. The summed E-state index contributed by atoms with van der Waals surface area (Å²) in [4.78, 5) is 34.6. The number of esters is 1. The molecule has 1 aliphatic rings. The first kappa shape index (κ1) is 21.7. The maximum atomic E-state index is 12.2. The van der Waals surface area contributed by atoms with Crippen LogP contribution in [0.4, 0.5) is 11.4 Å². The van der Waals surface area contributed by atoms with Crippen molar-refractivity contribution in [1.29, 1.82) is 0 Å². The number of methoxy groups -OCH3 is 1. The van der Waals surface area contributed by atoms with Crippen molar-refractivity contribution in [3.8, 4) is 5.75 Å². The van der Waals surface area contributed by atoms with Gasteiger partial charge in [0.1, 0.15) is 5.75 Å². The van der Waals surface area contributed by atoms with E-state index in [1.807, 2.05) is 0 Å². The maximum absolute atomic E-state index is 12.2. The summed E-state index contributed by atoms with van der Waals surface area (Å²) in [5.74, 6) is -0.127. The molecule has 1 aromatic rings. The van der Waals surface area contributed by atoms with Gasteiger partial charge in [0.25, 0.3) is 11.6 Å². The van der Waals surface area contributed by atoms with E-state index in [4.69, 9.17) is 9.47 Å². The highest BCUT2D eigenvalue weighted by atomic mass is 16.6. The molecule has 0 spiro atoms. The molecule has 0 unspecified atom stereocenters. The fourth-order valence-electron chi connectivity index (χ4n) is 3.52. The third kappa shape index (κ3) is 6.21. The number of nitro groups is 1. The van der Waals surface area contributed by atoms with Gasteiger partial charge in [-0.3, -0.25) is 19.7 Å². The average Bonchev–Trinajstić information content (AvgIpc) is 2.71. The summed E-state index contributed by atoms with van der Waals surface area (Å²) in [5, 5.41) is 13.4. The highest BCUT2D eigenvalue weighted by Gasteiger charge is 2.27. The van der Waals surface area contributed by atoms with Crippen LogP contribution in [0.1, 0.15) is 51.9 Å². The van der Waals surface area contributed by atoms with Gasteiger partial charge in [0.2, 0.25) is 0 Å². The zero-order valence-corrected chi connectivity index (χ0v) is 16.4. The number of non-ortho nitro benzene ring substituents is 1. The number of nitrogens with zero attached hydrogens (tertiary/aromatic N) is 1. The van der Waals surface area contributed by atoms with Gasteiger partial charge in [0, 0.05) is 6.07 Å². The number of amides is 1. The molecule has 0 atom stereocenters. The molecule has 154 valence electrons. The van der Waals surface area contributed by atoms with Gasteiger partial charge in [0.15, 0.2) is 6.61 Å². The monoisotopic (exact) mass is 392 g/mol. The fraction of sp³-hybridized carbons (Fsp3) is 0.600. The highest BCUT2D eigenvalue weighted by molar-refractivity contribution is 5.94. The lowest BCUT2D eigenvalue weighted by molar-refractivity contribution is -0.384. The Balaban J connectivity index is 1.79. The lowest BCUT2D eigenvalue weighted by Gasteiger charge is -2.27. The number of nitrogens with one attached hydrogen (secondary N) is 1. The van der Waals surface area contributed by atoms with Crippen molar-refractivity contribution in [2.45, 2.75) is 51.9 Å². The minimum absolute atomic E-state index is 0.139. The summed E-state index contributed by atoms with van der Waals surface area (Å²) in [6, 6.07) is 3.87. The molecular formula is C20H28N2O6. The van der Waals surface area contributed by atoms with E-state index in [2.05, 4.69) is 12.2 Å². The molecule has 8 heteroatoms. The molecular weight excluding hydrogens is 364 g/mol. The van der Waals surface area contributed by atoms with Crippen molar-refractivity contribution in [3.05, 3.63) is 28.3 Å². The first-order chi connectivity index (χ1) is 13.4. The van der Waals surface area contributed by atoms with E-state index in [0.29, 0.717) is 5.92 Å². The van der Waals surface area contributed by atoms with E-state index in [1.165, 1.54) is 44.6 Å². The van der Waals surface area contributed by atoms with E-state index in [0.717, 1.165) is 25.7 Å². The van der Waals surface area contributed by atoms with E-state index >= 15 is 0 Å².